The molecular formula is C23H17Cl3N2O4. The highest BCUT2D eigenvalue weighted by Crippen LogP contribution is 2.30. The molecule has 0 aromatic heterocycles. The largest absolute Gasteiger partial charge is 0.490 e. The number of ether oxygens (including phenoxy) is 2. The lowest BCUT2D eigenvalue weighted by Gasteiger charge is -2.12. The summed E-state index contributed by atoms with van der Waals surface area (Å²) in [7, 11) is 0. The number of carbonyl (C=O) groups excluding carboxylic acids is 2. The SMILES string of the molecule is CCOc1cc(/C=N\NC(=O)c2ccc(Cl)cc2)ccc1OC(=O)c1ccc(Cl)cc1Cl. The molecule has 164 valence electrons. The number of esters is 1. The zero-order chi connectivity index (χ0) is 23.1. The van der Waals surface area contributed by atoms with Gasteiger partial charge in [-0.15, -0.1) is 0 Å². The van der Waals surface area contributed by atoms with E-state index < -0.39 is 5.97 Å². The van der Waals surface area contributed by atoms with Gasteiger partial charge in [-0.1, -0.05) is 34.8 Å². The van der Waals surface area contributed by atoms with Crippen molar-refractivity contribution in [3.8, 4) is 11.5 Å². The standard InChI is InChI=1S/C23H17Cl3N2O4/c1-2-31-21-11-14(13-27-28-22(29)15-4-6-16(24)7-5-15)3-10-20(21)32-23(30)18-9-8-17(25)12-19(18)26/h3-13H,2H2,1H3,(H,28,29)/b27-13-. The predicted octanol–water partition coefficient (Wildman–Crippen LogP) is 6.03. The van der Waals surface area contributed by atoms with E-state index in [-0.39, 0.29) is 22.2 Å². The third kappa shape index (κ3) is 6.23. The van der Waals surface area contributed by atoms with Crippen molar-refractivity contribution < 1.29 is 19.1 Å². The van der Waals surface area contributed by atoms with Gasteiger partial charge in [0, 0.05) is 15.6 Å². The van der Waals surface area contributed by atoms with E-state index in [0.717, 1.165) is 0 Å². The van der Waals surface area contributed by atoms with Gasteiger partial charge in [0.1, 0.15) is 0 Å². The van der Waals surface area contributed by atoms with E-state index >= 15 is 0 Å². The highest BCUT2D eigenvalue weighted by molar-refractivity contribution is 6.36. The summed E-state index contributed by atoms with van der Waals surface area (Å²) >= 11 is 17.8. The van der Waals surface area contributed by atoms with E-state index in [1.807, 2.05) is 0 Å². The number of benzene rings is 3. The fourth-order valence-electron chi connectivity index (χ4n) is 2.60. The summed E-state index contributed by atoms with van der Waals surface area (Å²) in [6.07, 6.45) is 1.44. The maximum atomic E-state index is 12.5. The van der Waals surface area contributed by atoms with Crippen LogP contribution in [0, 0.1) is 0 Å². The molecule has 3 aromatic rings. The molecule has 0 spiro atoms. The Morgan fingerprint density at radius 2 is 1.66 bits per heavy atom. The Morgan fingerprint density at radius 1 is 0.938 bits per heavy atom. The van der Waals surface area contributed by atoms with Crippen molar-refractivity contribution in [3.63, 3.8) is 0 Å². The van der Waals surface area contributed by atoms with Gasteiger partial charge in [0.25, 0.3) is 5.91 Å². The smallest absolute Gasteiger partial charge is 0.345 e. The summed E-state index contributed by atoms with van der Waals surface area (Å²) in [5.74, 6) is -0.485. The lowest BCUT2D eigenvalue weighted by atomic mass is 10.2. The van der Waals surface area contributed by atoms with Crippen LogP contribution in [0.15, 0.2) is 65.8 Å². The minimum atomic E-state index is -0.649. The van der Waals surface area contributed by atoms with Crippen LogP contribution in [0.25, 0.3) is 0 Å². The van der Waals surface area contributed by atoms with Crippen LogP contribution in [-0.2, 0) is 0 Å². The zero-order valence-corrected chi connectivity index (χ0v) is 19.0. The van der Waals surface area contributed by atoms with Crippen molar-refractivity contribution >= 4 is 52.9 Å². The van der Waals surface area contributed by atoms with Gasteiger partial charge < -0.3 is 9.47 Å². The molecule has 0 unspecified atom stereocenters. The number of amides is 1. The van der Waals surface area contributed by atoms with Gasteiger partial charge in [0.05, 0.1) is 23.4 Å². The maximum absolute atomic E-state index is 12.5. The molecule has 1 amide bonds. The second kappa shape index (κ2) is 11.0. The van der Waals surface area contributed by atoms with Crippen LogP contribution in [0.4, 0.5) is 0 Å². The molecule has 32 heavy (non-hydrogen) atoms. The summed E-state index contributed by atoms with van der Waals surface area (Å²) < 4.78 is 11.0. The Balaban J connectivity index is 1.72. The maximum Gasteiger partial charge on any atom is 0.345 e. The molecule has 0 saturated heterocycles. The number of halogens is 3. The Bertz CT molecular complexity index is 1160. The third-order valence-corrected chi connectivity index (χ3v) is 4.91. The number of hydrogen-bond donors (Lipinski definition) is 1. The minimum absolute atomic E-state index is 0.175. The fraction of sp³-hybridized carbons (Fsp3) is 0.0870. The topological polar surface area (TPSA) is 77.0 Å². The van der Waals surface area contributed by atoms with Crippen LogP contribution in [-0.4, -0.2) is 24.7 Å². The van der Waals surface area contributed by atoms with Crippen LogP contribution in [0.1, 0.15) is 33.2 Å². The molecular weight excluding hydrogens is 475 g/mol. The number of hydrazone groups is 1. The number of nitrogens with zero attached hydrogens (tertiary/aromatic N) is 1. The molecule has 1 N–H and O–H groups in total. The van der Waals surface area contributed by atoms with Gasteiger partial charge in [-0.05, 0) is 73.2 Å². The number of rotatable bonds is 7. The first kappa shape index (κ1) is 23.6. The fourth-order valence-corrected chi connectivity index (χ4v) is 3.21. The van der Waals surface area contributed by atoms with Crippen molar-refractivity contribution in [2.45, 2.75) is 6.92 Å². The Morgan fingerprint density at radius 3 is 2.34 bits per heavy atom. The van der Waals surface area contributed by atoms with Gasteiger partial charge in [-0.25, -0.2) is 10.2 Å². The summed E-state index contributed by atoms with van der Waals surface area (Å²) in [5.41, 5.74) is 3.65. The molecule has 6 nitrogen and oxygen atoms in total. The van der Waals surface area contributed by atoms with E-state index in [1.54, 1.807) is 55.5 Å². The third-order valence-electron chi connectivity index (χ3n) is 4.11. The number of hydrogen-bond acceptors (Lipinski definition) is 5. The minimum Gasteiger partial charge on any atom is -0.490 e. The molecule has 0 aliphatic heterocycles. The van der Waals surface area contributed by atoms with Crippen LogP contribution in [0.2, 0.25) is 15.1 Å². The first-order valence-electron chi connectivity index (χ1n) is 9.40. The second-order valence-corrected chi connectivity index (χ2v) is 7.64. The monoisotopic (exact) mass is 490 g/mol. The Labute approximate surface area is 199 Å². The van der Waals surface area contributed by atoms with Gasteiger partial charge in [-0.2, -0.15) is 5.10 Å². The van der Waals surface area contributed by atoms with E-state index in [0.29, 0.717) is 33.5 Å². The van der Waals surface area contributed by atoms with Gasteiger partial charge in [-0.3, -0.25) is 4.79 Å². The quantitative estimate of drug-likeness (QED) is 0.189. The normalized spacial score (nSPS) is 10.8. The van der Waals surface area contributed by atoms with Gasteiger partial charge in [0.15, 0.2) is 11.5 Å². The van der Waals surface area contributed by atoms with Crippen molar-refractivity contribution in [2.24, 2.45) is 5.10 Å². The highest BCUT2D eigenvalue weighted by Gasteiger charge is 2.16. The Hall–Kier alpha value is -3.06. The highest BCUT2D eigenvalue weighted by atomic mass is 35.5. The van der Waals surface area contributed by atoms with Crippen molar-refractivity contribution in [1.82, 2.24) is 5.43 Å². The van der Waals surface area contributed by atoms with Gasteiger partial charge in [0.2, 0.25) is 0 Å². The molecule has 0 aliphatic carbocycles. The summed E-state index contributed by atoms with van der Waals surface area (Å²) in [5, 5.41) is 5.08. The predicted molar refractivity (Wildman–Crippen MR) is 126 cm³/mol. The van der Waals surface area contributed by atoms with Gasteiger partial charge >= 0.3 is 5.97 Å². The number of carbonyl (C=O) groups is 2. The molecule has 0 saturated carbocycles. The van der Waals surface area contributed by atoms with Crippen LogP contribution in [0.3, 0.4) is 0 Å². The van der Waals surface area contributed by atoms with E-state index in [4.69, 9.17) is 44.3 Å². The lowest BCUT2D eigenvalue weighted by molar-refractivity contribution is 0.0728. The van der Waals surface area contributed by atoms with Crippen molar-refractivity contribution in [1.29, 1.82) is 0 Å². The lowest BCUT2D eigenvalue weighted by Crippen LogP contribution is -2.17. The van der Waals surface area contributed by atoms with E-state index in [1.165, 1.54) is 18.3 Å². The average molecular weight is 492 g/mol. The molecule has 0 heterocycles. The molecule has 0 bridgehead atoms. The first-order valence-corrected chi connectivity index (χ1v) is 10.5. The second-order valence-electron chi connectivity index (χ2n) is 6.36. The van der Waals surface area contributed by atoms with Crippen molar-refractivity contribution in [2.75, 3.05) is 6.61 Å². The van der Waals surface area contributed by atoms with Crippen LogP contribution >= 0.6 is 34.8 Å². The van der Waals surface area contributed by atoms with E-state index in [9.17, 15) is 9.59 Å². The van der Waals surface area contributed by atoms with E-state index in [2.05, 4.69) is 10.5 Å². The zero-order valence-electron chi connectivity index (χ0n) is 16.8. The molecule has 9 heteroatoms. The summed E-state index contributed by atoms with van der Waals surface area (Å²) in [6, 6.07) is 15.8. The molecule has 0 radical (unpaired) electrons. The summed E-state index contributed by atoms with van der Waals surface area (Å²) in [6.45, 7) is 2.15. The molecule has 3 aromatic carbocycles. The molecule has 0 aliphatic rings. The summed E-state index contributed by atoms with van der Waals surface area (Å²) in [4.78, 5) is 24.6. The molecule has 0 atom stereocenters. The number of nitrogens with one attached hydrogen (secondary N) is 1. The van der Waals surface area contributed by atoms with Crippen LogP contribution < -0.4 is 14.9 Å². The van der Waals surface area contributed by atoms with Crippen molar-refractivity contribution in [3.05, 3.63) is 92.4 Å². The van der Waals surface area contributed by atoms with Crippen LogP contribution in [0.5, 0.6) is 11.5 Å². The average Bonchev–Trinajstić information content (AvgIpc) is 2.76. The molecule has 0 fully saturated rings. The Kier molecular flexibility index (Phi) is 8.11. The molecule has 3 rings (SSSR count). The first-order chi connectivity index (χ1) is 15.4.